The Bertz CT molecular complexity index is 387. The third-order valence-corrected chi connectivity index (χ3v) is 5.83. The second-order valence-electron chi connectivity index (χ2n) is 5.43. The molecule has 0 radical (unpaired) electrons. The fourth-order valence-corrected chi connectivity index (χ4v) is 2.86. The van der Waals surface area contributed by atoms with Crippen LogP contribution >= 0.6 is 0 Å². The van der Waals surface area contributed by atoms with Crippen LogP contribution in [-0.2, 0) is 9.84 Å². The Kier molecular flexibility index (Phi) is 4.56. The van der Waals surface area contributed by atoms with Gasteiger partial charge in [-0.1, -0.05) is 0 Å². The molecule has 0 unspecified atom stereocenters. The summed E-state index contributed by atoms with van der Waals surface area (Å²) in [4.78, 5) is 2.15. The molecule has 0 aromatic heterocycles. The SMILES string of the molecule is CC(C)S(=O)(=O)CCN1CCC(C)(C#N)CC1. The summed E-state index contributed by atoms with van der Waals surface area (Å²) in [6, 6.07) is 2.35. The van der Waals surface area contributed by atoms with Crippen molar-refractivity contribution in [3.05, 3.63) is 0 Å². The van der Waals surface area contributed by atoms with Crippen LogP contribution in [0.15, 0.2) is 0 Å². The van der Waals surface area contributed by atoms with Gasteiger partial charge in [-0.3, -0.25) is 0 Å². The van der Waals surface area contributed by atoms with Crippen molar-refractivity contribution in [3.63, 3.8) is 0 Å². The van der Waals surface area contributed by atoms with Crippen molar-refractivity contribution in [1.29, 1.82) is 5.26 Å². The molecule has 98 valence electrons. The van der Waals surface area contributed by atoms with Crippen LogP contribution in [0.1, 0.15) is 33.6 Å². The van der Waals surface area contributed by atoms with Crippen LogP contribution in [0, 0.1) is 16.7 Å². The van der Waals surface area contributed by atoms with Crippen molar-refractivity contribution in [2.24, 2.45) is 5.41 Å². The molecule has 0 aliphatic carbocycles. The van der Waals surface area contributed by atoms with Gasteiger partial charge in [0.2, 0.25) is 0 Å². The van der Waals surface area contributed by atoms with E-state index in [-0.39, 0.29) is 16.4 Å². The van der Waals surface area contributed by atoms with Crippen molar-refractivity contribution in [1.82, 2.24) is 4.90 Å². The maximum Gasteiger partial charge on any atom is 0.153 e. The molecule has 0 aromatic rings. The highest BCUT2D eigenvalue weighted by molar-refractivity contribution is 7.92. The van der Waals surface area contributed by atoms with E-state index in [1.807, 2.05) is 6.92 Å². The van der Waals surface area contributed by atoms with Crippen molar-refractivity contribution in [2.75, 3.05) is 25.4 Å². The molecule has 0 spiro atoms. The molecular formula is C12H22N2O2S. The molecule has 1 saturated heterocycles. The highest BCUT2D eigenvalue weighted by atomic mass is 32.2. The van der Waals surface area contributed by atoms with Gasteiger partial charge in [-0.15, -0.1) is 0 Å². The van der Waals surface area contributed by atoms with Gasteiger partial charge < -0.3 is 4.90 Å². The number of sulfone groups is 1. The Hall–Kier alpha value is -0.600. The monoisotopic (exact) mass is 258 g/mol. The number of nitrogens with zero attached hydrogens (tertiary/aromatic N) is 2. The molecular weight excluding hydrogens is 236 g/mol. The number of hydrogen-bond acceptors (Lipinski definition) is 4. The number of nitriles is 1. The van der Waals surface area contributed by atoms with E-state index in [2.05, 4.69) is 11.0 Å². The summed E-state index contributed by atoms with van der Waals surface area (Å²) in [5.74, 6) is 0.230. The van der Waals surface area contributed by atoms with Gasteiger partial charge in [-0.05, 0) is 46.7 Å². The van der Waals surface area contributed by atoms with Gasteiger partial charge in [0.25, 0.3) is 0 Å². The maximum atomic E-state index is 11.7. The zero-order chi connectivity index (χ0) is 13.1. The Labute approximate surface area is 105 Å². The van der Waals surface area contributed by atoms with Gasteiger partial charge in [0.05, 0.1) is 22.5 Å². The lowest BCUT2D eigenvalue weighted by Crippen LogP contribution is -2.40. The fraction of sp³-hybridized carbons (Fsp3) is 0.917. The number of piperidine rings is 1. The van der Waals surface area contributed by atoms with E-state index in [9.17, 15) is 8.42 Å². The smallest absolute Gasteiger partial charge is 0.153 e. The zero-order valence-electron chi connectivity index (χ0n) is 10.9. The Balaban J connectivity index is 2.41. The molecule has 0 N–H and O–H groups in total. The van der Waals surface area contributed by atoms with Crippen molar-refractivity contribution < 1.29 is 8.42 Å². The highest BCUT2D eigenvalue weighted by Gasteiger charge is 2.30. The Morgan fingerprint density at radius 1 is 1.35 bits per heavy atom. The number of hydrogen-bond donors (Lipinski definition) is 0. The van der Waals surface area contributed by atoms with E-state index in [0.29, 0.717) is 6.54 Å². The van der Waals surface area contributed by atoms with Crippen LogP contribution in [-0.4, -0.2) is 44.0 Å². The summed E-state index contributed by atoms with van der Waals surface area (Å²) < 4.78 is 23.4. The molecule has 1 rings (SSSR count). The van der Waals surface area contributed by atoms with Crippen LogP contribution in [0.5, 0.6) is 0 Å². The third kappa shape index (κ3) is 3.97. The first kappa shape index (κ1) is 14.5. The summed E-state index contributed by atoms with van der Waals surface area (Å²) in [5, 5.41) is 8.71. The van der Waals surface area contributed by atoms with E-state index >= 15 is 0 Å². The first-order chi connectivity index (χ1) is 7.79. The van der Waals surface area contributed by atoms with Gasteiger partial charge in [-0.2, -0.15) is 5.26 Å². The summed E-state index contributed by atoms with van der Waals surface area (Å²) in [5.41, 5.74) is -0.215. The van der Waals surface area contributed by atoms with Gasteiger partial charge >= 0.3 is 0 Å². The lowest BCUT2D eigenvalue weighted by Gasteiger charge is -2.34. The van der Waals surface area contributed by atoms with Gasteiger partial charge in [0.1, 0.15) is 0 Å². The molecule has 0 saturated carbocycles. The second kappa shape index (κ2) is 5.36. The lowest BCUT2D eigenvalue weighted by atomic mass is 9.82. The molecule has 0 amide bonds. The van der Waals surface area contributed by atoms with Crippen LogP contribution < -0.4 is 0 Å². The quantitative estimate of drug-likeness (QED) is 0.765. The maximum absolute atomic E-state index is 11.7. The summed E-state index contributed by atoms with van der Waals surface area (Å²) in [6.07, 6.45) is 1.68. The minimum atomic E-state index is -2.94. The molecule has 5 heteroatoms. The third-order valence-electron chi connectivity index (χ3n) is 3.64. The molecule has 4 nitrogen and oxygen atoms in total. The van der Waals surface area contributed by atoms with E-state index in [4.69, 9.17) is 5.26 Å². The van der Waals surface area contributed by atoms with E-state index < -0.39 is 9.84 Å². The van der Waals surface area contributed by atoms with Crippen molar-refractivity contribution in [2.45, 2.75) is 38.9 Å². The minimum absolute atomic E-state index is 0.215. The predicted molar refractivity (Wildman–Crippen MR) is 68.3 cm³/mol. The Morgan fingerprint density at radius 3 is 2.29 bits per heavy atom. The molecule has 17 heavy (non-hydrogen) atoms. The van der Waals surface area contributed by atoms with Gasteiger partial charge in [0.15, 0.2) is 9.84 Å². The summed E-state index contributed by atoms with van der Waals surface area (Å²) in [6.45, 7) is 7.68. The summed E-state index contributed by atoms with van der Waals surface area (Å²) >= 11 is 0. The molecule has 1 heterocycles. The number of rotatable bonds is 4. The van der Waals surface area contributed by atoms with Crippen molar-refractivity contribution in [3.8, 4) is 6.07 Å². The largest absolute Gasteiger partial charge is 0.302 e. The van der Waals surface area contributed by atoms with E-state index in [1.165, 1.54) is 0 Å². The standard InChI is InChI=1S/C12H22N2O2S/c1-11(2)17(15,16)9-8-14-6-4-12(3,10-13)5-7-14/h11H,4-9H2,1-3H3. The highest BCUT2D eigenvalue weighted by Crippen LogP contribution is 2.29. The normalized spacial score (nSPS) is 21.4. The topological polar surface area (TPSA) is 61.2 Å². The zero-order valence-corrected chi connectivity index (χ0v) is 11.8. The molecule has 0 atom stereocenters. The van der Waals surface area contributed by atoms with Gasteiger partial charge in [0, 0.05) is 6.54 Å². The molecule has 0 bridgehead atoms. The van der Waals surface area contributed by atoms with Crippen LogP contribution in [0.25, 0.3) is 0 Å². The molecule has 0 aromatic carbocycles. The van der Waals surface area contributed by atoms with E-state index in [1.54, 1.807) is 13.8 Å². The molecule has 1 aliphatic rings. The lowest BCUT2D eigenvalue weighted by molar-refractivity contribution is 0.164. The van der Waals surface area contributed by atoms with Crippen molar-refractivity contribution >= 4 is 9.84 Å². The van der Waals surface area contributed by atoms with Crippen LogP contribution in [0.2, 0.25) is 0 Å². The Morgan fingerprint density at radius 2 is 1.88 bits per heavy atom. The predicted octanol–water partition coefficient (Wildman–Crippen LogP) is 1.44. The minimum Gasteiger partial charge on any atom is -0.302 e. The second-order valence-corrected chi connectivity index (χ2v) is 8.11. The van der Waals surface area contributed by atoms with Gasteiger partial charge in [-0.25, -0.2) is 8.42 Å². The molecule has 1 fully saturated rings. The van der Waals surface area contributed by atoms with Crippen LogP contribution in [0.4, 0.5) is 0 Å². The average molecular weight is 258 g/mol. The summed E-state index contributed by atoms with van der Waals surface area (Å²) in [7, 11) is -2.94. The average Bonchev–Trinajstić information content (AvgIpc) is 2.28. The first-order valence-corrected chi connectivity index (χ1v) is 7.86. The van der Waals surface area contributed by atoms with Crippen LogP contribution in [0.3, 0.4) is 0 Å². The van der Waals surface area contributed by atoms with E-state index in [0.717, 1.165) is 25.9 Å². The number of likely N-dealkylation sites (tertiary alicyclic amines) is 1. The fourth-order valence-electron chi connectivity index (χ4n) is 1.87. The first-order valence-electron chi connectivity index (χ1n) is 6.14. The molecule has 1 aliphatic heterocycles.